The summed E-state index contributed by atoms with van der Waals surface area (Å²) < 4.78 is 6.55. The lowest BCUT2D eigenvalue weighted by atomic mass is 9.82. The number of piperidine rings is 1. The van der Waals surface area contributed by atoms with Crippen molar-refractivity contribution in [3.63, 3.8) is 0 Å². The zero-order chi connectivity index (χ0) is 20.5. The van der Waals surface area contributed by atoms with E-state index in [9.17, 15) is 9.59 Å². The van der Waals surface area contributed by atoms with Crippen LogP contribution in [0.25, 0.3) is 0 Å². The highest BCUT2D eigenvalue weighted by Gasteiger charge is 2.44. The Morgan fingerprint density at radius 2 is 1.93 bits per heavy atom. The molecule has 2 aromatic rings. The lowest BCUT2D eigenvalue weighted by Crippen LogP contribution is -2.49. The first kappa shape index (κ1) is 19.6. The van der Waals surface area contributed by atoms with E-state index in [0.29, 0.717) is 24.4 Å². The highest BCUT2D eigenvalue weighted by atomic mass is 16.5. The number of benzene rings is 1. The summed E-state index contributed by atoms with van der Waals surface area (Å²) in [5.74, 6) is 1.58. The average Bonchev–Trinajstić information content (AvgIpc) is 3.06. The maximum Gasteiger partial charge on any atom is 0.267 e. The highest BCUT2D eigenvalue weighted by Crippen LogP contribution is 2.41. The van der Waals surface area contributed by atoms with E-state index in [1.807, 2.05) is 24.0 Å². The molecule has 0 spiro atoms. The Morgan fingerprint density at radius 1 is 1.17 bits per heavy atom. The fourth-order valence-corrected chi connectivity index (χ4v) is 4.82. The van der Waals surface area contributed by atoms with Crippen molar-refractivity contribution in [3.05, 3.63) is 58.0 Å². The van der Waals surface area contributed by atoms with Crippen molar-refractivity contribution in [2.45, 2.75) is 31.8 Å². The van der Waals surface area contributed by atoms with Crippen LogP contribution in [0.2, 0.25) is 0 Å². The van der Waals surface area contributed by atoms with Gasteiger partial charge in [0.2, 0.25) is 5.91 Å². The van der Waals surface area contributed by atoms with Crippen LogP contribution in [0.5, 0.6) is 5.75 Å². The molecule has 1 aromatic heterocycles. The maximum atomic E-state index is 12.9. The van der Waals surface area contributed by atoms with Crippen molar-refractivity contribution in [2.24, 2.45) is 5.92 Å². The van der Waals surface area contributed by atoms with Crippen molar-refractivity contribution in [1.82, 2.24) is 19.6 Å². The molecule has 0 saturated carbocycles. The van der Waals surface area contributed by atoms with Gasteiger partial charge in [0.15, 0.2) is 0 Å². The molecule has 7 nitrogen and oxygen atoms in total. The van der Waals surface area contributed by atoms with Crippen molar-refractivity contribution >= 4 is 5.91 Å². The summed E-state index contributed by atoms with van der Waals surface area (Å²) in [4.78, 5) is 29.3. The smallest absolute Gasteiger partial charge is 0.267 e. The molecule has 0 radical (unpaired) electrons. The summed E-state index contributed by atoms with van der Waals surface area (Å²) in [6.07, 6.45) is 0.954. The van der Waals surface area contributed by atoms with Gasteiger partial charge >= 0.3 is 0 Å². The molecule has 0 bridgehead atoms. The van der Waals surface area contributed by atoms with Crippen molar-refractivity contribution in [2.75, 3.05) is 33.8 Å². The van der Waals surface area contributed by atoms with Gasteiger partial charge in [-0.25, -0.2) is 4.68 Å². The Morgan fingerprint density at radius 3 is 2.66 bits per heavy atom. The summed E-state index contributed by atoms with van der Waals surface area (Å²) in [5.41, 5.74) is 1.78. The standard InChI is InChI=1S/C22H28N4O3/c1-15-4-9-21(27)26(23-15)14-22(28)25-11-10-20-19(13-25)18(12-24(20)2)16-5-7-17(29-3)8-6-16/h4-9,18-20H,10-14H2,1-3H3/t18-,19-,20-/m1/s1. The number of likely N-dealkylation sites (N-methyl/N-ethyl adjacent to an activating group) is 1. The molecule has 2 saturated heterocycles. The van der Waals surface area contributed by atoms with E-state index in [-0.39, 0.29) is 18.0 Å². The third kappa shape index (κ3) is 3.92. The van der Waals surface area contributed by atoms with E-state index >= 15 is 0 Å². The number of aromatic nitrogens is 2. The van der Waals surface area contributed by atoms with E-state index in [4.69, 9.17) is 4.74 Å². The molecule has 4 rings (SSSR count). The number of likely N-dealkylation sites (tertiary alicyclic amines) is 2. The van der Waals surface area contributed by atoms with Crippen LogP contribution >= 0.6 is 0 Å². The van der Waals surface area contributed by atoms with E-state index in [1.165, 1.54) is 16.3 Å². The number of ether oxygens (including phenoxy) is 1. The SMILES string of the molecule is COc1ccc([C@H]2CN(C)[C@@H]3CCN(C(=O)Cn4nc(C)ccc4=O)C[C@H]23)cc1. The minimum absolute atomic E-state index is 0.000934. The summed E-state index contributed by atoms with van der Waals surface area (Å²) in [5, 5.41) is 4.20. The van der Waals surface area contributed by atoms with Crippen molar-refractivity contribution in [3.8, 4) is 5.75 Å². The Bertz CT molecular complexity index is 940. The summed E-state index contributed by atoms with van der Waals surface area (Å²) >= 11 is 0. The second kappa shape index (κ2) is 7.99. The van der Waals surface area contributed by atoms with Gasteiger partial charge in [0.05, 0.1) is 12.8 Å². The van der Waals surface area contributed by atoms with Crippen molar-refractivity contribution in [1.29, 1.82) is 0 Å². The summed E-state index contributed by atoms with van der Waals surface area (Å²) in [7, 11) is 3.85. The molecule has 2 fully saturated rings. The third-order valence-electron chi connectivity index (χ3n) is 6.37. The van der Waals surface area contributed by atoms with Crippen LogP contribution in [-0.4, -0.2) is 65.3 Å². The maximum absolute atomic E-state index is 12.9. The molecule has 1 amide bonds. The quantitative estimate of drug-likeness (QED) is 0.784. The van der Waals surface area contributed by atoms with Gasteiger partial charge in [-0.05, 0) is 44.2 Å². The number of hydrogen-bond donors (Lipinski definition) is 0. The first-order chi connectivity index (χ1) is 14.0. The molecule has 7 heteroatoms. The summed E-state index contributed by atoms with van der Waals surface area (Å²) in [6, 6.07) is 11.9. The first-order valence-corrected chi connectivity index (χ1v) is 10.1. The Hall–Kier alpha value is -2.67. The predicted octanol–water partition coefficient (Wildman–Crippen LogP) is 1.51. The molecular weight excluding hydrogens is 368 g/mol. The van der Waals surface area contributed by atoms with Gasteiger partial charge in [-0.15, -0.1) is 0 Å². The van der Waals surface area contributed by atoms with Gasteiger partial charge in [0, 0.05) is 43.6 Å². The fraction of sp³-hybridized carbons (Fsp3) is 0.500. The monoisotopic (exact) mass is 396 g/mol. The van der Waals surface area contributed by atoms with Crippen LogP contribution < -0.4 is 10.3 Å². The van der Waals surface area contributed by atoms with Crippen molar-refractivity contribution < 1.29 is 9.53 Å². The number of methoxy groups -OCH3 is 1. The third-order valence-corrected chi connectivity index (χ3v) is 6.37. The van der Waals surface area contributed by atoms with Crippen LogP contribution in [0.1, 0.15) is 23.6 Å². The van der Waals surface area contributed by atoms with Crippen LogP contribution in [0, 0.1) is 12.8 Å². The second-order valence-electron chi connectivity index (χ2n) is 8.15. The van der Waals surface area contributed by atoms with Gasteiger partial charge < -0.3 is 14.5 Å². The number of amides is 1. The largest absolute Gasteiger partial charge is 0.497 e. The Labute approximate surface area is 170 Å². The predicted molar refractivity (Wildman–Crippen MR) is 110 cm³/mol. The van der Waals surface area contributed by atoms with Crippen LogP contribution in [0.15, 0.2) is 41.2 Å². The molecule has 2 aliphatic heterocycles. The van der Waals surface area contributed by atoms with E-state index in [1.54, 1.807) is 13.2 Å². The Balaban J connectivity index is 1.50. The van der Waals surface area contributed by atoms with Gasteiger partial charge in [0.25, 0.3) is 5.56 Å². The number of rotatable bonds is 4. The molecule has 154 valence electrons. The molecular formula is C22H28N4O3. The molecule has 0 unspecified atom stereocenters. The molecule has 2 aliphatic rings. The van der Waals surface area contributed by atoms with Crippen LogP contribution in [0.3, 0.4) is 0 Å². The number of hydrogen-bond acceptors (Lipinski definition) is 5. The van der Waals surface area contributed by atoms with E-state index in [0.717, 1.165) is 31.0 Å². The van der Waals surface area contributed by atoms with E-state index in [2.05, 4.69) is 29.2 Å². The second-order valence-corrected chi connectivity index (χ2v) is 8.15. The highest BCUT2D eigenvalue weighted by molar-refractivity contribution is 5.76. The topological polar surface area (TPSA) is 67.7 Å². The molecule has 0 aliphatic carbocycles. The molecule has 3 atom stereocenters. The molecule has 3 heterocycles. The van der Waals surface area contributed by atoms with Crippen LogP contribution in [0.4, 0.5) is 0 Å². The first-order valence-electron chi connectivity index (χ1n) is 10.1. The number of aryl methyl sites for hydroxylation is 1. The minimum Gasteiger partial charge on any atom is -0.497 e. The van der Waals surface area contributed by atoms with Crippen LogP contribution in [-0.2, 0) is 11.3 Å². The molecule has 1 aromatic carbocycles. The van der Waals surface area contributed by atoms with Gasteiger partial charge in [-0.3, -0.25) is 9.59 Å². The zero-order valence-corrected chi connectivity index (χ0v) is 17.2. The zero-order valence-electron chi connectivity index (χ0n) is 17.2. The fourth-order valence-electron chi connectivity index (χ4n) is 4.82. The lowest BCUT2D eigenvalue weighted by molar-refractivity contribution is -0.134. The normalized spacial score (nSPS) is 24.4. The Kier molecular flexibility index (Phi) is 5.41. The van der Waals surface area contributed by atoms with E-state index < -0.39 is 0 Å². The number of carbonyl (C=O) groups excluding carboxylic acids is 1. The van der Waals surface area contributed by atoms with Gasteiger partial charge in [-0.2, -0.15) is 5.10 Å². The number of nitrogens with zero attached hydrogens (tertiary/aromatic N) is 4. The number of fused-ring (bicyclic) bond motifs is 1. The summed E-state index contributed by atoms with van der Waals surface area (Å²) in [6.45, 7) is 4.24. The van der Waals surface area contributed by atoms with Gasteiger partial charge in [0.1, 0.15) is 12.3 Å². The average molecular weight is 396 g/mol. The van der Waals surface area contributed by atoms with Gasteiger partial charge in [-0.1, -0.05) is 12.1 Å². The lowest BCUT2D eigenvalue weighted by Gasteiger charge is -2.38. The minimum atomic E-state index is -0.240. The molecule has 29 heavy (non-hydrogen) atoms. The number of carbonyl (C=O) groups is 1. The molecule has 0 N–H and O–H groups in total.